The molecular weight excluding hydrogens is 226 g/mol. The Labute approximate surface area is 86.7 Å². The van der Waals surface area contributed by atoms with Gasteiger partial charge in [0.25, 0.3) is 0 Å². The lowest BCUT2D eigenvalue weighted by Gasteiger charge is -2.11. The maximum absolute atomic E-state index is 3.47. The van der Waals surface area contributed by atoms with Crippen LogP contribution in [0.3, 0.4) is 0 Å². The van der Waals surface area contributed by atoms with Crippen LogP contribution in [0.4, 0.5) is 0 Å². The smallest absolute Gasteiger partial charge is 0.0175 e. The zero-order valence-corrected chi connectivity index (χ0v) is 8.97. The lowest BCUT2D eigenvalue weighted by atomic mass is 9.95. The van der Waals surface area contributed by atoms with Gasteiger partial charge < -0.3 is 5.32 Å². The van der Waals surface area contributed by atoms with Crippen LogP contribution in [-0.2, 0) is 5.41 Å². The number of halogens is 1. The fourth-order valence-corrected chi connectivity index (χ4v) is 2.84. The Balaban J connectivity index is 1.97. The summed E-state index contributed by atoms with van der Waals surface area (Å²) < 4.78 is 1.18. The molecule has 2 fully saturated rings. The Bertz CT molecular complexity index is 332. The van der Waals surface area contributed by atoms with E-state index in [4.69, 9.17) is 0 Å². The highest BCUT2D eigenvalue weighted by molar-refractivity contribution is 9.10. The highest BCUT2D eigenvalue weighted by atomic mass is 79.9. The lowest BCUT2D eigenvalue weighted by Crippen LogP contribution is -2.18. The molecule has 2 aliphatic rings. The Kier molecular flexibility index (Phi) is 1.59. The Morgan fingerprint density at radius 3 is 2.62 bits per heavy atom. The van der Waals surface area contributed by atoms with Gasteiger partial charge in [-0.05, 0) is 36.6 Å². The molecule has 1 heterocycles. The first-order valence-electron chi connectivity index (χ1n) is 4.78. The Hall–Kier alpha value is -0.340. The van der Waals surface area contributed by atoms with Crippen molar-refractivity contribution in [3.8, 4) is 0 Å². The number of piperidine rings is 1. The number of hydrogen-bond donors (Lipinski definition) is 1. The van der Waals surface area contributed by atoms with E-state index in [1.165, 1.54) is 29.5 Å². The third-order valence-electron chi connectivity index (χ3n) is 3.48. The molecule has 0 radical (unpaired) electrons. The second kappa shape index (κ2) is 2.58. The summed E-state index contributed by atoms with van der Waals surface area (Å²) in [6, 6.07) is 8.82. The average molecular weight is 238 g/mol. The fraction of sp³-hybridized carbons (Fsp3) is 0.455. The van der Waals surface area contributed by atoms with Crippen LogP contribution in [0.15, 0.2) is 28.7 Å². The fourth-order valence-electron chi connectivity index (χ4n) is 2.57. The van der Waals surface area contributed by atoms with E-state index >= 15 is 0 Å². The summed E-state index contributed by atoms with van der Waals surface area (Å²) in [6.45, 7) is 2.40. The molecule has 0 spiro atoms. The lowest BCUT2D eigenvalue weighted by molar-refractivity contribution is 0.675. The van der Waals surface area contributed by atoms with Crippen molar-refractivity contribution in [3.63, 3.8) is 0 Å². The minimum atomic E-state index is 0.515. The van der Waals surface area contributed by atoms with E-state index in [0.29, 0.717) is 5.41 Å². The van der Waals surface area contributed by atoms with Crippen molar-refractivity contribution in [3.05, 3.63) is 34.3 Å². The summed E-state index contributed by atoms with van der Waals surface area (Å²) in [5.74, 6) is 0.911. The van der Waals surface area contributed by atoms with Crippen LogP contribution in [0.1, 0.15) is 12.0 Å². The van der Waals surface area contributed by atoms with Crippen molar-refractivity contribution in [2.75, 3.05) is 13.1 Å². The van der Waals surface area contributed by atoms with Gasteiger partial charge in [-0.25, -0.2) is 0 Å². The largest absolute Gasteiger partial charge is 0.316 e. The first kappa shape index (κ1) is 8.01. The topological polar surface area (TPSA) is 12.0 Å². The predicted molar refractivity (Wildman–Crippen MR) is 56.8 cm³/mol. The summed E-state index contributed by atoms with van der Waals surface area (Å²) in [4.78, 5) is 0. The molecule has 1 aliphatic heterocycles. The van der Waals surface area contributed by atoms with E-state index in [0.717, 1.165) is 5.92 Å². The zero-order valence-electron chi connectivity index (χ0n) is 7.39. The summed E-state index contributed by atoms with van der Waals surface area (Å²) >= 11 is 3.47. The standard InChI is InChI=1S/C11H12BrN/c12-10-3-1-8(2-4-10)11-5-9(11)6-13-7-11/h1-4,9,13H,5-7H2/t9-,11+/m1/s1. The molecular formula is C11H12BrN. The molecule has 1 aromatic rings. The zero-order chi connectivity index (χ0) is 8.89. The van der Waals surface area contributed by atoms with Gasteiger partial charge in [-0.1, -0.05) is 28.1 Å². The minimum absolute atomic E-state index is 0.515. The molecule has 0 aromatic heterocycles. The molecule has 1 aromatic carbocycles. The highest BCUT2D eigenvalue weighted by Gasteiger charge is 2.57. The van der Waals surface area contributed by atoms with E-state index in [2.05, 4.69) is 45.5 Å². The maximum atomic E-state index is 3.47. The summed E-state index contributed by atoms with van der Waals surface area (Å²) in [5.41, 5.74) is 2.03. The highest BCUT2D eigenvalue weighted by Crippen LogP contribution is 2.56. The van der Waals surface area contributed by atoms with Gasteiger partial charge in [0, 0.05) is 16.4 Å². The van der Waals surface area contributed by atoms with Gasteiger partial charge in [-0.2, -0.15) is 0 Å². The second-order valence-electron chi connectivity index (χ2n) is 4.19. The molecule has 1 saturated carbocycles. The van der Waals surface area contributed by atoms with Gasteiger partial charge in [0.15, 0.2) is 0 Å². The van der Waals surface area contributed by atoms with E-state index < -0.39 is 0 Å². The van der Waals surface area contributed by atoms with Crippen LogP contribution in [0, 0.1) is 5.92 Å². The first-order valence-corrected chi connectivity index (χ1v) is 5.57. The molecule has 0 bridgehead atoms. The number of nitrogens with one attached hydrogen (secondary N) is 1. The van der Waals surface area contributed by atoms with Crippen molar-refractivity contribution in [1.82, 2.24) is 5.32 Å². The van der Waals surface area contributed by atoms with Crippen molar-refractivity contribution in [2.45, 2.75) is 11.8 Å². The van der Waals surface area contributed by atoms with Gasteiger partial charge in [0.1, 0.15) is 0 Å². The van der Waals surface area contributed by atoms with E-state index in [1.807, 2.05) is 0 Å². The molecule has 0 amide bonds. The van der Waals surface area contributed by atoms with Gasteiger partial charge in [-0.3, -0.25) is 0 Å². The molecule has 68 valence electrons. The average Bonchev–Trinajstić information content (AvgIpc) is 2.71. The van der Waals surface area contributed by atoms with Gasteiger partial charge in [0.05, 0.1) is 0 Å². The van der Waals surface area contributed by atoms with Crippen LogP contribution in [-0.4, -0.2) is 13.1 Å². The van der Waals surface area contributed by atoms with E-state index in [-0.39, 0.29) is 0 Å². The number of hydrogen-bond acceptors (Lipinski definition) is 1. The number of rotatable bonds is 1. The number of fused-ring (bicyclic) bond motifs is 1. The van der Waals surface area contributed by atoms with E-state index in [9.17, 15) is 0 Å². The van der Waals surface area contributed by atoms with Gasteiger partial charge >= 0.3 is 0 Å². The first-order chi connectivity index (χ1) is 6.31. The maximum Gasteiger partial charge on any atom is 0.0175 e. The molecule has 1 N–H and O–H groups in total. The van der Waals surface area contributed by atoms with Gasteiger partial charge in [0.2, 0.25) is 0 Å². The number of benzene rings is 1. The van der Waals surface area contributed by atoms with Gasteiger partial charge in [-0.15, -0.1) is 0 Å². The SMILES string of the molecule is Brc1ccc([C@]23CNC[C@H]2C3)cc1. The van der Waals surface area contributed by atoms with Crippen molar-refractivity contribution in [2.24, 2.45) is 5.92 Å². The van der Waals surface area contributed by atoms with Crippen LogP contribution < -0.4 is 5.32 Å². The van der Waals surface area contributed by atoms with Crippen LogP contribution in [0.2, 0.25) is 0 Å². The molecule has 2 heteroatoms. The second-order valence-corrected chi connectivity index (χ2v) is 5.11. The van der Waals surface area contributed by atoms with Crippen molar-refractivity contribution < 1.29 is 0 Å². The monoisotopic (exact) mass is 237 g/mol. The third-order valence-corrected chi connectivity index (χ3v) is 4.01. The quantitative estimate of drug-likeness (QED) is 0.791. The van der Waals surface area contributed by atoms with E-state index in [1.54, 1.807) is 0 Å². The summed E-state index contributed by atoms with van der Waals surface area (Å²) in [6.07, 6.45) is 1.39. The molecule has 3 rings (SSSR count). The van der Waals surface area contributed by atoms with Crippen molar-refractivity contribution >= 4 is 15.9 Å². The van der Waals surface area contributed by atoms with Crippen LogP contribution in [0.5, 0.6) is 0 Å². The predicted octanol–water partition coefficient (Wildman–Crippen LogP) is 2.31. The summed E-state index contributed by atoms with van der Waals surface area (Å²) in [7, 11) is 0. The Morgan fingerprint density at radius 1 is 1.31 bits per heavy atom. The minimum Gasteiger partial charge on any atom is -0.316 e. The van der Waals surface area contributed by atoms with Crippen LogP contribution in [0.25, 0.3) is 0 Å². The summed E-state index contributed by atoms with van der Waals surface area (Å²) in [5, 5.41) is 3.46. The normalized spacial score (nSPS) is 35.9. The Morgan fingerprint density at radius 2 is 2.08 bits per heavy atom. The van der Waals surface area contributed by atoms with Crippen LogP contribution >= 0.6 is 15.9 Å². The van der Waals surface area contributed by atoms with Crippen molar-refractivity contribution in [1.29, 1.82) is 0 Å². The molecule has 1 aliphatic carbocycles. The molecule has 2 atom stereocenters. The molecule has 0 unspecified atom stereocenters. The molecule has 13 heavy (non-hydrogen) atoms. The third kappa shape index (κ3) is 1.09. The molecule has 1 nitrogen and oxygen atoms in total. The molecule has 1 saturated heterocycles.